The third kappa shape index (κ3) is 3.37. The molecule has 1 aromatic rings. The van der Waals surface area contributed by atoms with Crippen LogP contribution in [-0.2, 0) is 4.79 Å². The number of carbonyl (C=O) groups is 1. The monoisotopic (exact) mass is 285 g/mol. The molecule has 0 fully saturated rings. The fraction of sp³-hybridized carbons (Fsp3) is 0.333. The molecule has 0 unspecified atom stereocenters. The molecule has 0 saturated heterocycles. The molecular formula is C12H13Cl2N3O. The lowest BCUT2D eigenvalue weighted by molar-refractivity contribution is -0.110. The molecule has 0 bridgehead atoms. The van der Waals surface area contributed by atoms with Crippen LogP contribution in [0.4, 0.5) is 5.69 Å². The van der Waals surface area contributed by atoms with Gasteiger partial charge in [0.1, 0.15) is 0 Å². The molecule has 1 aromatic carbocycles. The molecule has 0 radical (unpaired) electrons. The first kappa shape index (κ1) is 13.2. The van der Waals surface area contributed by atoms with E-state index in [-0.39, 0.29) is 5.91 Å². The Morgan fingerprint density at radius 1 is 1.28 bits per heavy atom. The Bertz CT molecular complexity index is 488. The van der Waals surface area contributed by atoms with Gasteiger partial charge in [0.15, 0.2) is 5.84 Å². The largest absolute Gasteiger partial charge is 0.366 e. The molecule has 2 N–H and O–H groups in total. The van der Waals surface area contributed by atoms with Crippen LogP contribution in [-0.4, -0.2) is 24.8 Å². The van der Waals surface area contributed by atoms with Gasteiger partial charge < -0.3 is 10.6 Å². The Morgan fingerprint density at radius 2 is 2.11 bits per heavy atom. The van der Waals surface area contributed by atoms with Gasteiger partial charge in [0, 0.05) is 18.8 Å². The zero-order valence-electron chi connectivity index (χ0n) is 9.67. The molecule has 0 spiro atoms. The summed E-state index contributed by atoms with van der Waals surface area (Å²) in [7, 11) is 0. The number of hydrogen-bond acceptors (Lipinski definition) is 3. The first-order valence-electron chi connectivity index (χ1n) is 5.71. The van der Waals surface area contributed by atoms with Crippen molar-refractivity contribution in [3.05, 3.63) is 28.2 Å². The third-order valence-corrected chi connectivity index (χ3v) is 3.28. The summed E-state index contributed by atoms with van der Waals surface area (Å²) in [4.78, 5) is 16.1. The van der Waals surface area contributed by atoms with E-state index in [1.165, 1.54) is 0 Å². The molecule has 4 nitrogen and oxygen atoms in total. The average Bonchev–Trinajstić information content (AvgIpc) is 2.62. The lowest BCUT2D eigenvalue weighted by atomic mass is 10.3. The molecule has 0 aliphatic carbocycles. The highest BCUT2D eigenvalue weighted by Crippen LogP contribution is 2.24. The highest BCUT2D eigenvalue weighted by molar-refractivity contribution is 6.43. The predicted octanol–water partition coefficient (Wildman–Crippen LogP) is 2.71. The van der Waals surface area contributed by atoms with Gasteiger partial charge in [0.2, 0.25) is 0 Å². The maximum absolute atomic E-state index is 11.9. The van der Waals surface area contributed by atoms with Crippen molar-refractivity contribution in [2.24, 2.45) is 4.99 Å². The Kier molecular flexibility index (Phi) is 4.44. The number of amidine groups is 1. The van der Waals surface area contributed by atoms with Crippen molar-refractivity contribution in [1.82, 2.24) is 5.32 Å². The SMILES string of the molecule is O=C(Nc1ccc(Cl)c(Cl)c1)C1=NCCCCN1. The molecule has 0 aromatic heterocycles. The molecule has 6 heteroatoms. The highest BCUT2D eigenvalue weighted by atomic mass is 35.5. The number of anilines is 1. The molecular weight excluding hydrogens is 273 g/mol. The van der Waals surface area contributed by atoms with Crippen LogP contribution in [0.2, 0.25) is 10.0 Å². The maximum atomic E-state index is 11.9. The van der Waals surface area contributed by atoms with Gasteiger partial charge in [-0.1, -0.05) is 23.2 Å². The molecule has 0 saturated carbocycles. The fourth-order valence-corrected chi connectivity index (χ4v) is 1.90. The molecule has 1 amide bonds. The van der Waals surface area contributed by atoms with E-state index in [1.807, 2.05) is 0 Å². The summed E-state index contributed by atoms with van der Waals surface area (Å²) in [6, 6.07) is 4.95. The van der Waals surface area contributed by atoms with Gasteiger partial charge in [-0.05, 0) is 31.0 Å². The van der Waals surface area contributed by atoms with E-state index >= 15 is 0 Å². The van der Waals surface area contributed by atoms with E-state index in [2.05, 4.69) is 15.6 Å². The second kappa shape index (κ2) is 6.07. The first-order valence-corrected chi connectivity index (χ1v) is 6.47. The van der Waals surface area contributed by atoms with E-state index in [0.29, 0.717) is 28.1 Å². The molecule has 96 valence electrons. The number of benzene rings is 1. The van der Waals surface area contributed by atoms with Crippen molar-refractivity contribution in [2.45, 2.75) is 12.8 Å². The van der Waals surface area contributed by atoms with Gasteiger partial charge >= 0.3 is 0 Å². The van der Waals surface area contributed by atoms with Gasteiger partial charge in [-0.15, -0.1) is 0 Å². The number of nitrogens with zero attached hydrogens (tertiary/aromatic N) is 1. The Morgan fingerprint density at radius 3 is 2.89 bits per heavy atom. The van der Waals surface area contributed by atoms with E-state index in [0.717, 1.165) is 19.4 Å². The lowest BCUT2D eigenvalue weighted by Crippen LogP contribution is -2.35. The van der Waals surface area contributed by atoms with Crippen molar-refractivity contribution in [2.75, 3.05) is 18.4 Å². The number of carbonyl (C=O) groups excluding carboxylic acids is 1. The smallest absolute Gasteiger partial charge is 0.290 e. The minimum Gasteiger partial charge on any atom is -0.366 e. The molecule has 18 heavy (non-hydrogen) atoms. The zero-order valence-corrected chi connectivity index (χ0v) is 11.2. The van der Waals surface area contributed by atoms with Gasteiger partial charge in [0.25, 0.3) is 5.91 Å². The number of nitrogens with one attached hydrogen (secondary N) is 2. The van der Waals surface area contributed by atoms with E-state index in [4.69, 9.17) is 23.2 Å². The van der Waals surface area contributed by atoms with Crippen LogP contribution in [0, 0.1) is 0 Å². The van der Waals surface area contributed by atoms with Crippen molar-refractivity contribution in [1.29, 1.82) is 0 Å². The molecule has 1 aliphatic rings. The van der Waals surface area contributed by atoms with Crippen molar-refractivity contribution < 1.29 is 4.79 Å². The normalized spacial score (nSPS) is 15.3. The molecule has 1 heterocycles. The standard InChI is InChI=1S/C12H13Cl2N3O/c13-9-4-3-8(7-10(9)14)17-12(18)11-15-5-1-2-6-16-11/h3-4,7H,1-2,5-6H2,(H,15,16)(H,17,18). The number of hydrogen-bond donors (Lipinski definition) is 2. The molecule has 1 aliphatic heterocycles. The summed E-state index contributed by atoms with van der Waals surface area (Å²) in [5.74, 6) is 0.119. The van der Waals surface area contributed by atoms with Crippen LogP contribution in [0.3, 0.4) is 0 Å². The highest BCUT2D eigenvalue weighted by Gasteiger charge is 2.13. The second-order valence-electron chi connectivity index (χ2n) is 3.95. The Balaban J connectivity index is 2.06. The summed E-state index contributed by atoms with van der Waals surface area (Å²) in [6.45, 7) is 1.45. The molecule has 2 rings (SSSR count). The zero-order chi connectivity index (χ0) is 13.0. The minimum atomic E-state index is -0.254. The Hall–Kier alpha value is -1.26. The number of amides is 1. The summed E-state index contributed by atoms with van der Waals surface area (Å²) in [6.07, 6.45) is 2.02. The molecule has 0 atom stereocenters. The van der Waals surface area contributed by atoms with Gasteiger partial charge in [0.05, 0.1) is 10.0 Å². The number of halogens is 2. The average molecular weight is 286 g/mol. The predicted molar refractivity (Wildman–Crippen MR) is 74.6 cm³/mol. The van der Waals surface area contributed by atoms with Gasteiger partial charge in [-0.25, -0.2) is 0 Å². The van der Waals surface area contributed by atoms with E-state index in [1.54, 1.807) is 18.2 Å². The number of rotatable bonds is 2. The quantitative estimate of drug-likeness (QED) is 0.878. The topological polar surface area (TPSA) is 53.5 Å². The summed E-state index contributed by atoms with van der Waals surface area (Å²) < 4.78 is 0. The summed E-state index contributed by atoms with van der Waals surface area (Å²) in [5.41, 5.74) is 0.600. The maximum Gasteiger partial charge on any atom is 0.290 e. The fourth-order valence-electron chi connectivity index (χ4n) is 1.61. The van der Waals surface area contributed by atoms with Crippen LogP contribution < -0.4 is 10.6 Å². The van der Waals surface area contributed by atoms with Gasteiger partial charge in [-0.3, -0.25) is 9.79 Å². The third-order valence-electron chi connectivity index (χ3n) is 2.54. The van der Waals surface area contributed by atoms with Crippen LogP contribution in [0.15, 0.2) is 23.2 Å². The minimum absolute atomic E-state index is 0.254. The Labute approximate surface area is 115 Å². The van der Waals surface area contributed by atoms with Crippen molar-refractivity contribution in [3.63, 3.8) is 0 Å². The summed E-state index contributed by atoms with van der Waals surface area (Å²) in [5, 5.41) is 6.60. The van der Waals surface area contributed by atoms with Crippen molar-refractivity contribution in [3.8, 4) is 0 Å². The number of aliphatic imine (C=N–C) groups is 1. The van der Waals surface area contributed by atoms with Crippen LogP contribution in [0.25, 0.3) is 0 Å². The van der Waals surface area contributed by atoms with E-state index in [9.17, 15) is 4.79 Å². The first-order chi connectivity index (χ1) is 8.66. The van der Waals surface area contributed by atoms with Gasteiger partial charge in [-0.2, -0.15) is 0 Å². The van der Waals surface area contributed by atoms with E-state index < -0.39 is 0 Å². The van der Waals surface area contributed by atoms with Crippen LogP contribution >= 0.6 is 23.2 Å². The summed E-state index contributed by atoms with van der Waals surface area (Å²) >= 11 is 11.7. The van der Waals surface area contributed by atoms with Crippen LogP contribution in [0.5, 0.6) is 0 Å². The lowest BCUT2D eigenvalue weighted by Gasteiger charge is -2.08. The van der Waals surface area contributed by atoms with Crippen molar-refractivity contribution >= 4 is 40.6 Å². The second-order valence-corrected chi connectivity index (χ2v) is 4.76. The van der Waals surface area contributed by atoms with Crippen LogP contribution in [0.1, 0.15) is 12.8 Å².